The Morgan fingerprint density at radius 3 is 2.84 bits per heavy atom. The van der Waals surface area contributed by atoms with Crippen molar-refractivity contribution < 1.29 is 0 Å². The number of aromatic nitrogens is 2. The quantitative estimate of drug-likeness (QED) is 0.778. The van der Waals surface area contributed by atoms with Crippen molar-refractivity contribution in [3.63, 3.8) is 0 Å². The van der Waals surface area contributed by atoms with Crippen LogP contribution in [-0.4, -0.2) is 23.6 Å². The zero-order valence-corrected chi connectivity index (χ0v) is 13.0. The molecule has 0 aliphatic carbocycles. The number of likely N-dealkylation sites (N-methyl/N-ethyl adjacent to an activating group) is 1. The van der Waals surface area contributed by atoms with Gasteiger partial charge >= 0.3 is 0 Å². The average molecular weight is 341 g/mol. The van der Waals surface area contributed by atoms with Gasteiger partial charge in [-0.25, -0.2) is 4.98 Å². The normalized spacial score (nSPS) is 10.5. The molecule has 0 saturated carbocycles. The second kappa shape index (κ2) is 6.87. The molecule has 0 unspecified atom stereocenters. The van der Waals surface area contributed by atoms with Gasteiger partial charge in [-0.05, 0) is 34.1 Å². The Morgan fingerprint density at radius 2 is 2.16 bits per heavy atom. The Bertz CT molecular complexity index is 533. The van der Waals surface area contributed by atoms with E-state index >= 15 is 0 Å². The van der Waals surface area contributed by atoms with Gasteiger partial charge < -0.3 is 4.90 Å². The molecule has 2 heterocycles. The maximum absolute atomic E-state index is 5.97. The van der Waals surface area contributed by atoms with E-state index in [0.29, 0.717) is 5.88 Å². The first-order valence-corrected chi connectivity index (χ1v) is 7.35. The fourth-order valence-corrected chi connectivity index (χ4v) is 2.43. The van der Waals surface area contributed by atoms with Crippen molar-refractivity contribution >= 4 is 33.3 Å². The van der Waals surface area contributed by atoms with Crippen molar-refractivity contribution in [1.29, 1.82) is 0 Å². The summed E-state index contributed by atoms with van der Waals surface area (Å²) in [5.41, 5.74) is 2.11. The molecule has 0 aromatic carbocycles. The molecular formula is C14H15BrClN3. The summed E-state index contributed by atoms with van der Waals surface area (Å²) < 4.78 is 0.949. The highest BCUT2D eigenvalue weighted by Crippen LogP contribution is 2.22. The lowest BCUT2D eigenvalue weighted by molar-refractivity contribution is 0.834. The number of anilines is 1. The Kier molecular flexibility index (Phi) is 5.16. The molecule has 0 spiro atoms. The Morgan fingerprint density at radius 1 is 1.32 bits per heavy atom. The van der Waals surface area contributed by atoms with E-state index in [0.717, 1.165) is 34.5 Å². The third-order valence-corrected chi connectivity index (χ3v) is 3.57. The van der Waals surface area contributed by atoms with Gasteiger partial charge in [0.1, 0.15) is 5.82 Å². The first kappa shape index (κ1) is 14.3. The van der Waals surface area contributed by atoms with Gasteiger partial charge in [0, 0.05) is 48.1 Å². The van der Waals surface area contributed by atoms with Crippen molar-refractivity contribution in [3.8, 4) is 0 Å². The maximum atomic E-state index is 5.97. The van der Waals surface area contributed by atoms with Crippen LogP contribution >= 0.6 is 27.5 Å². The molecule has 2 rings (SSSR count). The highest BCUT2D eigenvalue weighted by molar-refractivity contribution is 9.10. The SMILES string of the molecule is CN(CCc1ccccn1)c1ncc(Br)cc1CCl. The van der Waals surface area contributed by atoms with E-state index in [1.807, 2.05) is 37.5 Å². The minimum Gasteiger partial charge on any atom is -0.359 e. The number of nitrogens with zero attached hydrogens (tertiary/aromatic N) is 3. The minimum absolute atomic E-state index is 0.454. The summed E-state index contributed by atoms with van der Waals surface area (Å²) in [5, 5.41) is 0. The summed E-state index contributed by atoms with van der Waals surface area (Å²) in [4.78, 5) is 10.9. The van der Waals surface area contributed by atoms with Crippen molar-refractivity contribution in [2.75, 3.05) is 18.5 Å². The summed E-state index contributed by atoms with van der Waals surface area (Å²) >= 11 is 9.38. The van der Waals surface area contributed by atoms with Gasteiger partial charge in [-0.3, -0.25) is 4.98 Å². The van der Waals surface area contributed by atoms with Gasteiger partial charge in [-0.15, -0.1) is 11.6 Å². The average Bonchev–Trinajstić information content (AvgIpc) is 2.45. The summed E-state index contributed by atoms with van der Waals surface area (Å²) in [6, 6.07) is 7.97. The fourth-order valence-electron chi connectivity index (χ4n) is 1.85. The van der Waals surface area contributed by atoms with Crippen LogP contribution in [0.15, 0.2) is 41.1 Å². The van der Waals surface area contributed by atoms with Crippen LogP contribution in [0.5, 0.6) is 0 Å². The van der Waals surface area contributed by atoms with Crippen LogP contribution in [0.2, 0.25) is 0 Å². The van der Waals surface area contributed by atoms with Crippen LogP contribution in [0.1, 0.15) is 11.3 Å². The lowest BCUT2D eigenvalue weighted by Crippen LogP contribution is -2.23. The van der Waals surface area contributed by atoms with Crippen LogP contribution in [0.25, 0.3) is 0 Å². The molecule has 0 aliphatic rings. The lowest BCUT2D eigenvalue weighted by atomic mass is 10.2. The van der Waals surface area contributed by atoms with E-state index < -0.39 is 0 Å². The molecule has 0 aliphatic heterocycles. The van der Waals surface area contributed by atoms with Crippen molar-refractivity contribution in [3.05, 3.63) is 52.4 Å². The summed E-state index contributed by atoms with van der Waals surface area (Å²) in [6.45, 7) is 0.857. The lowest BCUT2D eigenvalue weighted by Gasteiger charge is -2.20. The predicted molar refractivity (Wildman–Crippen MR) is 82.7 cm³/mol. The summed E-state index contributed by atoms with van der Waals surface area (Å²) in [5.74, 6) is 1.38. The molecule has 0 N–H and O–H groups in total. The van der Waals surface area contributed by atoms with Crippen molar-refractivity contribution in [2.45, 2.75) is 12.3 Å². The van der Waals surface area contributed by atoms with Crippen molar-refractivity contribution in [1.82, 2.24) is 9.97 Å². The molecule has 0 radical (unpaired) electrons. The first-order valence-electron chi connectivity index (χ1n) is 6.02. The number of pyridine rings is 2. The first-order chi connectivity index (χ1) is 9.20. The molecule has 0 amide bonds. The molecule has 0 atom stereocenters. The van der Waals surface area contributed by atoms with E-state index in [4.69, 9.17) is 11.6 Å². The Balaban J connectivity index is 2.05. The topological polar surface area (TPSA) is 29.0 Å². The Hall–Kier alpha value is -1.13. The fraction of sp³-hybridized carbons (Fsp3) is 0.286. The molecule has 2 aromatic rings. The standard InChI is InChI=1S/C14H15BrClN3/c1-19(7-5-13-4-2-3-6-17-13)14-11(9-16)8-12(15)10-18-14/h2-4,6,8,10H,5,7,9H2,1H3. The third kappa shape index (κ3) is 3.91. The molecule has 0 saturated heterocycles. The van der Waals surface area contributed by atoms with E-state index in [9.17, 15) is 0 Å². The predicted octanol–water partition coefficient (Wildman–Crippen LogP) is 3.66. The van der Waals surface area contributed by atoms with Crippen LogP contribution in [0.4, 0.5) is 5.82 Å². The molecule has 3 nitrogen and oxygen atoms in total. The third-order valence-electron chi connectivity index (χ3n) is 2.84. The van der Waals surface area contributed by atoms with Crippen LogP contribution in [-0.2, 0) is 12.3 Å². The Labute approximate surface area is 126 Å². The second-order valence-corrected chi connectivity index (χ2v) is 5.45. The highest BCUT2D eigenvalue weighted by Gasteiger charge is 2.09. The zero-order chi connectivity index (χ0) is 13.7. The monoisotopic (exact) mass is 339 g/mol. The summed E-state index contributed by atoms with van der Waals surface area (Å²) in [7, 11) is 2.02. The largest absolute Gasteiger partial charge is 0.359 e. The molecule has 0 fully saturated rings. The molecule has 100 valence electrons. The molecule has 0 bridgehead atoms. The smallest absolute Gasteiger partial charge is 0.132 e. The second-order valence-electron chi connectivity index (χ2n) is 4.26. The zero-order valence-electron chi connectivity index (χ0n) is 10.7. The number of hydrogen-bond acceptors (Lipinski definition) is 3. The van der Waals surface area contributed by atoms with Gasteiger partial charge in [-0.2, -0.15) is 0 Å². The van der Waals surface area contributed by atoms with E-state index in [1.54, 1.807) is 6.20 Å². The number of rotatable bonds is 5. The summed E-state index contributed by atoms with van der Waals surface area (Å²) in [6.07, 6.45) is 4.50. The minimum atomic E-state index is 0.454. The van der Waals surface area contributed by atoms with Crippen LogP contribution < -0.4 is 4.90 Å². The molecule has 5 heteroatoms. The van der Waals surface area contributed by atoms with Crippen LogP contribution in [0.3, 0.4) is 0 Å². The van der Waals surface area contributed by atoms with Gasteiger partial charge in [0.2, 0.25) is 0 Å². The van der Waals surface area contributed by atoms with E-state index in [1.165, 1.54) is 0 Å². The van der Waals surface area contributed by atoms with Crippen molar-refractivity contribution in [2.24, 2.45) is 0 Å². The van der Waals surface area contributed by atoms with E-state index in [2.05, 4.69) is 30.8 Å². The highest BCUT2D eigenvalue weighted by atomic mass is 79.9. The van der Waals surface area contributed by atoms with Gasteiger partial charge in [0.15, 0.2) is 0 Å². The number of hydrogen-bond donors (Lipinski definition) is 0. The maximum Gasteiger partial charge on any atom is 0.132 e. The number of alkyl halides is 1. The molecule has 19 heavy (non-hydrogen) atoms. The molecule has 2 aromatic heterocycles. The van der Waals surface area contributed by atoms with Gasteiger partial charge in [0.05, 0.1) is 5.88 Å². The van der Waals surface area contributed by atoms with Gasteiger partial charge in [0.25, 0.3) is 0 Å². The number of halogens is 2. The van der Waals surface area contributed by atoms with E-state index in [-0.39, 0.29) is 0 Å². The molecular weight excluding hydrogens is 326 g/mol. The van der Waals surface area contributed by atoms with Crippen LogP contribution in [0, 0.1) is 0 Å². The van der Waals surface area contributed by atoms with Gasteiger partial charge in [-0.1, -0.05) is 6.07 Å².